The van der Waals surface area contributed by atoms with Crippen molar-refractivity contribution in [2.24, 2.45) is 5.41 Å². The summed E-state index contributed by atoms with van der Waals surface area (Å²) < 4.78 is 1.70. The Morgan fingerprint density at radius 1 is 1.12 bits per heavy atom. The van der Waals surface area contributed by atoms with Gasteiger partial charge in [0.1, 0.15) is 17.4 Å². The minimum atomic E-state index is -0.489. The lowest BCUT2D eigenvalue weighted by atomic mass is 9.73. The Kier molecular flexibility index (Phi) is 4.90. The van der Waals surface area contributed by atoms with E-state index in [9.17, 15) is 9.59 Å². The molecule has 7 heteroatoms. The van der Waals surface area contributed by atoms with E-state index in [0.717, 1.165) is 11.3 Å². The second kappa shape index (κ2) is 7.64. The van der Waals surface area contributed by atoms with Gasteiger partial charge in [-0.3, -0.25) is 9.59 Å². The molecule has 32 heavy (non-hydrogen) atoms. The summed E-state index contributed by atoms with van der Waals surface area (Å²) in [6, 6.07) is 16.3. The summed E-state index contributed by atoms with van der Waals surface area (Å²) in [4.78, 5) is 26.4. The van der Waals surface area contributed by atoms with E-state index in [1.807, 2.05) is 54.6 Å². The van der Waals surface area contributed by atoms with Crippen LogP contribution in [0.1, 0.15) is 48.7 Å². The van der Waals surface area contributed by atoms with E-state index in [1.165, 1.54) is 0 Å². The Morgan fingerprint density at radius 2 is 1.84 bits per heavy atom. The number of hydrogen-bond acceptors (Lipinski definition) is 4. The zero-order valence-electron chi connectivity index (χ0n) is 17.9. The number of benzene rings is 2. The van der Waals surface area contributed by atoms with Crippen LogP contribution >= 0.6 is 11.6 Å². The third-order valence-electron chi connectivity index (χ3n) is 5.98. The molecule has 6 nitrogen and oxygen atoms in total. The van der Waals surface area contributed by atoms with Crippen LogP contribution in [0.25, 0.3) is 0 Å². The zero-order valence-corrected chi connectivity index (χ0v) is 18.6. The van der Waals surface area contributed by atoms with E-state index in [4.69, 9.17) is 11.6 Å². The quantitative estimate of drug-likeness (QED) is 0.561. The van der Waals surface area contributed by atoms with Crippen molar-refractivity contribution in [1.29, 1.82) is 0 Å². The van der Waals surface area contributed by atoms with Crippen LogP contribution in [-0.4, -0.2) is 21.5 Å². The Bertz CT molecular complexity index is 1260. The number of carbonyl (C=O) groups excluding carboxylic acids is 2. The number of halogens is 1. The first kappa shape index (κ1) is 20.5. The van der Waals surface area contributed by atoms with Gasteiger partial charge in [-0.2, -0.15) is 5.10 Å². The van der Waals surface area contributed by atoms with Crippen LogP contribution in [0.5, 0.6) is 0 Å². The fraction of sp³-hybridized carbons (Fsp3) is 0.240. The highest BCUT2D eigenvalue weighted by atomic mass is 35.5. The molecule has 1 aliphatic heterocycles. The van der Waals surface area contributed by atoms with E-state index < -0.39 is 6.04 Å². The number of nitrogens with zero attached hydrogens (tertiary/aromatic N) is 2. The van der Waals surface area contributed by atoms with Gasteiger partial charge in [0.15, 0.2) is 5.78 Å². The number of para-hydroxylation sites is 1. The van der Waals surface area contributed by atoms with Gasteiger partial charge in [-0.1, -0.05) is 61.8 Å². The standard InChI is InChI=1S/C25H23ClN4O2/c1-25(2)12-19-21(20(31)13-25)22(16-10-6-7-11-18(16)26)30-23(29-19)17(14-27-30)24(32)28-15-8-4-3-5-9-15/h3-11,14,22,29H,12-13H2,1-2H3,(H,28,32)/t22-/m0/s1. The summed E-state index contributed by atoms with van der Waals surface area (Å²) in [5.41, 5.74) is 3.22. The Labute approximate surface area is 191 Å². The maximum Gasteiger partial charge on any atom is 0.261 e. The summed E-state index contributed by atoms with van der Waals surface area (Å²) in [6.07, 6.45) is 2.69. The number of allylic oxidation sites excluding steroid dienone is 2. The fourth-order valence-corrected chi connectivity index (χ4v) is 4.82. The average Bonchev–Trinajstić information content (AvgIpc) is 3.16. The lowest BCUT2D eigenvalue weighted by molar-refractivity contribution is -0.118. The lowest BCUT2D eigenvalue weighted by Crippen LogP contribution is -2.37. The highest BCUT2D eigenvalue weighted by Gasteiger charge is 2.42. The summed E-state index contributed by atoms with van der Waals surface area (Å²) in [6.45, 7) is 4.16. The van der Waals surface area contributed by atoms with E-state index in [2.05, 4.69) is 29.6 Å². The summed E-state index contributed by atoms with van der Waals surface area (Å²) in [7, 11) is 0. The van der Waals surface area contributed by atoms with E-state index in [-0.39, 0.29) is 17.1 Å². The van der Waals surface area contributed by atoms with Gasteiger partial charge in [0.05, 0.1) is 6.20 Å². The van der Waals surface area contributed by atoms with E-state index >= 15 is 0 Å². The number of anilines is 2. The van der Waals surface area contributed by atoms with Crippen LogP contribution in [-0.2, 0) is 4.79 Å². The summed E-state index contributed by atoms with van der Waals surface area (Å²) >= 11 is 6.56. The van der Waals surface area contributed by atoms with Crippen molar-refractivity contribution in [1.82, 2.24) is 9.78 Å². The number of nitrogens with one attached hydrogen (secondary N) is 2. The van der Waals surface area contributed by atoms with Crippen LogP contribution in [0, 0.1) is 5.41 Å². The molecule has 2 heterocycles. The van der Waals surface area contributed by atoms with Gasteiger partial charge in [0.25, 0.3) is 5.91 Å². The van der Waals surface area contributed by atoms with Crippen LogP contribution in [0.4, 0.5) is 11.5 Å². The van der Waals surface area contributed by atoms with Crippen LogP contribution in [0.2, 0.25) is 5.02 Å². The molecule has 1 aliphatic carbocycles. The fourth-order valence-electron chi connectivity index (χ4n) is 4.58. The van der Waals surface area contributed by atoms with Gasteiger partial charge in [-0.25, -0.2) is 4.68 Å². The van der Waals surface area contributed by atoms with Crippen molar-refractivity contribution in [3.05, 3.63) is 88.2 Å². The van der Waals surface area contributed by atoms with Crippen LogP contribution in [0.3, 0.4) is 0 Å². The normalized spacial score (nSPS) is 19.1. The van der Waals surface area contributed by atoms with E-state index in [0.29, 0.717) is 40.5 Å². The minimum Gasteiger partial charge on any atom is -0.343 e. The maximum absolute atomic E-state index is 13.3. The Morgan fingerprint density at radius 3 is 2.59 bits per heavy atom. The van der Waals surface area contributed by atoms with Crippen LogP contribution in [0.15, 0.2) is 72.1 Å². The molecule has 3 aromatic rings. The van der Waals surface area contributed by atoms with Crippen molar-refractivity contribution in [3.8, 4) is 0 Å². The molecule has 0 saturated carbocycles. The van der Waals surface area contributed by atoms with Crippen molar-refractivity contribution in [3.63, 3.8) is 0 Å². The molecule has 2 aromatic carbocycles. The second-order valence-corrected chi connectivity index (χ2v) is 9.46. The molecule has 5 rings (SSSR count). The van der Waals surface area contributed by atoms with Crippen molar-refractivity contribution in [2.75, 3.05) is 10.6 Å². The number of Topliss-reactive ketones (excluding diaryl/α,β-unsaturated/α-hetero) is 1. The minimum absolute atomic E-state index is 0.0742. The molecule has 0 spiro atoms. The number of carbonyl (C=O) groups is 2. The predicted molar refractivity (Wildman–Crippen MR) is 125 cm³/mol. The third-order valence-corrected chi connectivity index (χ3v) is 6.32. The molecule has 0 unspecified atom stereocenters. The zero-order chi connectivity index (χ0) is 22.5. The Hall–Kier alpha value is -3.38. The number of ketones is 1. The molecule has 1 aromatic heterocycles. The SMILES string of the molecule is CC1(C)CC(=O)C2=C(C1)Nc1c(C(=O)Nc3ccccc3)cnn1[C@H]2c1ccccc1Cl. The van der Waals surface area contributed by atoms with Crippen molar-refractivity contribution < 1.29 is 9.59 Å². The van der Waals surface area contributed by atoms with Gasteiger partial charge in [-0.05, 0) is 35.6 Å². The van der Waals surface area contributed by atoms with Crippen molar-refractivity contribution in [2.45, 2.75) is 32.7 Å². The third kappa shape index (κ3) is 3.50. The first-order chi connectivity index (χ1) is 15.3. The maximum atomic E-state index is 13.3. The number of rotatable bonds is 3. The molecule has 0 radical (unpaired) electrons. The first-order valence-electron chi connectivity index (χ1n) is 10.6. The number of hydrogen-bond donors (Lipinski definition) is 2. The first-order valence-corrected chi connectivity index (χ1v) is 10.9. The van der Waals surface area contributed by atoms with Gasteiger partial charge in [-0.15, -0.1) is 0 Å². The number of fused-ring (bicyclic) bond motifs is 1. The average molecular weight is 447 g/mol. The largest absolute Gasteiger partial charge is 0.343 e. The predicted octanol–water partition coefficient (Wildman–Crippen LogP) is 5.45. The molecule has 1 amide bonds. The number of aromatic nitrogens is 2. The molecule has 2 N–H and O–H groups in total. The van der Waals surface area contributed by atoms with Crippen LogP contribution < -0.4 is 10.6 Å². The van der Waals surface area contributed by atoms with Gasteiger partial charge < -0.3 is 10.6 Å². The molecule has 0 bridgehead atoms. The smallest absolute Gasteiger partial charge is 0.261 e. The van der Waals surface area contributed by atoms with Gasteiger partial charge in [0, 0.05) is 28.4 Å². The van der Waals surface area contributed by atoms with Gasteiger partial charge in [0.2, 0.25) is 0 Å². The molecular weight excluding hydrogens is 424 g/mol. The summed E-state index contributed by atoms with van der Waals surface area (Å²) in [5, 5.41) is 11.4. The van der Waals surface area contributed by atoms with Crippen molar-refractivity contribution >= 4 is 34.8 Å². The molecule has 2 aliphatic rings. The highest BCUT2D eigenvalue weighted by Crippen LogP contribution is 2.47. The topological polar surface area (TPSA) is 76.0 Å². The number of amides is 1. The highest BCUT2D eigenvalue weighted by molar-refractivity contribution is 6.31. The van der Waals surface area contributed by atoms with Gasteiger partial charge >= 0.3 is 0 Å². The monoisotopic (exact) mass is 446 g/mol. The second-order valence-electron chi connectivity index (χ2n) is 9.05. The van der Waals surface area contributed by atoms with E-state index in [1.54, 1.807) is 10.9 Å². The molecule has 0 saturated heterocycles. The lowest BCUT2D eigenvalue weighted by Gasteiger charge is -2.39. The Balaban J connectivity index is 1.63. The molecular formula is C25H23ClN4O2. The molecule has 162 valence electrons. The summed E-state index contributed by atoms with van der Waals surface area (Å²) in [5.74, 6) is 0.367. The molecule has 0 fully saturated rings. The molecule has 1 atom stereocenters.